The van der Waals surface area contributed by atoms with Crippen molar-refractivity contribution in [2.45, 2.75) is 32.0 Å². The van der Waals surface area contributed by atoms with Crippen LogP contribution in [-0.2, 0) is 22.6 Å². The van der Waals surface area contributed by atoms with Crippen LogP contribution in [0, 0.1) is 5.92 Å². The second kappa shape index (κ2) is 9.85. The highest BCUT2D eigenvalue weighted by Crippen LogP contribution is 2.16. The maximum Gasteiger partial charge on any atom is 0.309 e. The normalized spacial score (nSPS) is 13.4. The molecule has 128 valence electrons. The van der Waals surface area contributed by atoms with Gasteiger partial charge in [0.2, 0.25) is 0 Å². The van der Waals surface area contributed by atoms with Gasteiger partial charge in [-0.25, -0.2) is 0 Å². The second-order valence-electron chi connectivity index (χ2n) is 5.89. The Balaban J connectivity index is 1.75. The van der Waals surface area contributed by atoms with Gasteiger partial charge in [-0.3, -0.25) is 4.79 Å². The third-order valence-electron chi connectivity index (χ3n) is 4.01. The highest BCUT2D eigenvalue weighted by atomic mass is 16.5. The van der Waals surface area contributed by atoms with Crippen molar-refractivity contribution in [3.63, 3.8) is 0 Å². The van der Waals surface area contributed by atoms with Gasteiger partial charge in [-0.2, -0.15) is 0 Å². The Bertz CT molecular complexity index is 598. The van der Waals surface area contributed by atoms with Gasteiger partial charge in [0.1, 0.15) is 0 Å². The first-order valence-corrected chi connectivity index (χ1v) is 8.23. The summed E-state index contributed by atoms with van der Waals surface area (Å²) in [5, 5.41) is 19.5. The lowest BCUT2D eigenvalue weighted by molar-refractivity contribution is -0.148. The van der Waals surface area contributed by atoms with Gasteiger partial charge in [0.15, 0.2) is 0 Å². The molecule has 4 heteroatoms. The molecule has 1 unspecified atom stereocenters. The van der Waals surface area contributed by atoms with Crippen LogP contribution >= 0.6 is 0 Å². The van der Waals surface area contributed by atoms with Crippen molar-refractivity contribution in [1.29, 1.82) is 0 Å². The molecule has 0 aliphatic carbocycles. The molecule has 0 aromatic heterocycles. The van der Waals surface area contributed by atoms with Gasteiger partial charge in [0.25, 0.3) is 0 Å². The van der Waals surface area contributed by atoms with Crippen LogP contribution in [0.4, 0.5) is 0 Å². The Morgan fingerprint density at radius 3 is 2.12 bits per heavy atom. The van der Waals surface area contributed by atoms with Crippen molar-refractivity contribution in [2.75, 3.05) is 6.61 Å². The van der Waals surface area contributed by atoms with Gasteiger partial charge in [0.05, 0.1) is 25.2 Å². The second-order valence-corrected chi connectivity index (χ2v) is 5.89. The van der Waals surface area contributed by atoms with Gasteiger partial charge in [0, 0.05) is 0 Å². The fraction of sp³-hybridized carbons (Fsp3) is 0.350. The Labute approximate surface area is 142 Å². The van der Waals surface area contributed by atoms with Crippen LogP contribution in [0.3, 0.4) is 0 Å². The van der Waals surface area contributed by atoms with Crippen molar-refractivity contribution >= 4 is 5.97 Å². The molecule has 0 amide bonds. The van der Waals surface area contributed by atoms with Crippen LogP contribution in [-0.4, -0.2) is 28.9 Å². The van der Waals surface area contributed by atoms with Crippen LogP contribution < -0.4 is 0 Å². The topological polar surface area (TPSA) is 66.8 Å². The molecule has 2 aromatic rings. The molecule has 0 aliphatic heterocycles. The van der Waals surface area contributed by atoms with E-state index in [4.69, 9.17) is 4.74 Å². The maximum absolute atomic E-state index is 11.4. The Hall–Kier alpha value is -2.17. The number of benzene rings is 2. The van der Waals surface area contributed by atoms with Crippen molar-refractivity contribution in [3.05, 3.63) is 71.8 Å². The van der Waals surface area contributed by atoms with E-state index in [1.54, 1.807) is 0 Å². The van der Waals surface area contributed by atoms with Crippen molar-refractivity contribution < 1.29 is 19.7 Å². The molecule has 0 radical (unpaired) electrons. The van der Waals surface area contributed by atoms with Gasteiger partial charge >= 0.3 is 5.97 Å². The minimum Gasteiger partial charge on any atom is -0.481 e. The van der Waals surface area contributed by atoms with Crippen LogP contribution in [0.5, 0.6) is 0 Å². The number of aryl methyl sites for hydroxylation is 1. The molecule has 24 heavy (non-hydrogen) atoms. The number of carboxylic acid groups (broad SMARTS) is 1. The van der Waals surface area contributed by atoms with Gasteiger partial charge in [-0.1, -0.05) is 60.7 Å². The lowest BCUT2D eigenvalue weighted by atomic mass is 9.95. The molecule has 0 heterocycles. The monoisotopic (exact) mass is 328 g/mol. The third-order valence-corrected chi connectivity index (χ3v) is 4.01. The molecule has 0 fully saturated rings. The number of aliphatic hydroxyl groups excluding tert-OH is 1. The molecule has 0 saturated carbocycles. The van der Waals surface area contributed by atoms with Crippen LogP contribution in [0.2, 0.25) is 0 Å². The maximum atomic E-state index is 11.4. The van der Waals surface area contributed by atoms with E-state index in [0.29, 0.717) is 13.0 Å². The lowest BCUT2D eigenvalue weighted by Gasteiger charge is -2.19. The largest absolute Gasteiger partial charge is 0.481 e. The number of carboxylic acids is 1. The number of hydrogen-bond donors (Lipinski definition) is 2. The number of aliphatic carboxylic acids is 1. The number of hydrogen-bond acceptors (Lipinski definition) is 3. The summed E-state index contributed by atoms with van der Waals surface area (Å²) < 4.78 is 5.46. The van der Waals surface area contributed by atoms with Gasteiger partial charge in [-0.05, 0) is 30.4 Å². The van der Waals surface area contributed by atoms with Crippen molar-refractivity contribution in [1.82, 2.24) is 0 Å². The number of ether oxygens (including phenoxy) is 1. The summed E-state index contributed by atoms with van der Waals surface area (Å²) in [4.78, 5) is 11.4. The predicted molar refractivity (Wildman–Crippen MR) is 92.6 cm³/mol. The summed E-state index contributed by atoms with van der Waals surface area (Å²) in [7, 11) is 0. The first-order chi connectivity index (χ1) is 11.7. The van der Waals surface area contributed by atoms with E-state index < -0.39 is 18.0 Å². The predicted octanol–water partition coefficient (Wildman–Crippen LogP) is 3.29. The van der Waals surface area contributed by atoms with E-state index in [-0.39, 0.29) is 6.61 Å². The molecule has 2 atom stereocenters. The van der Waals surface area contributed by atoms with E-state index in [0.717, 1.165) is 18.4 Å². The highest BCUT2D eigenvalue weighted by Gasteiger charge is 2.26. The molecule has 2 N–H and O–H groups in total. The van der Waals surface area contributed by atoms with Gasteiger partial charge < -0.3 is 14.9 Å². The SMILES string of the molecule is O=C(O)C(CCCc1ccccc1)[C@H](O)COCc1ccccc1. The zero-order valence-electron chi connectivity index (χ0n) is 13.7. The summed E-state index contributed by atoms with van der Waals surface area (Å²) in [6, 6.07) is 19.6. The average molecular weight is 328 g/mol. The first kappa shape index (κ1) is 18.2. The van der Waals surface area contributed by atoms with Crippen LogP contribution in [0.25, 0.3) is 0 Å². The quantitative estimate of drug-likeness (QED) is 0.702. The minimum atomic E-state index is -0.998. The Morgan fingerprint density at radius 2 is 1.54 bits per heavy atom. The van der Waals surface area contributed by atoms with E-state index >= 15 is 0 Å². The molecule has 0 spiro atoms. The van der Waals surface area contributed by atoms with E-state index in [2.05, 4.69) is 0 Å². The Morgan fingerprint density at radius 1 is 0.958 bits per heavy atom. The van der Waals surface area contributed by atoms with Crippen LogP contribution in [0.15, 0.2) is 60.7 Å². The highest BCUT2D eigenvalue weighted by molar-refractivity contribution is 5.70. The molecular formula is C20H24O4. The van der Waals surface area contributed by atoms with E-state index in [1.165, 1.54) is 5.56 Å². The van der Waals surface area contributed by atoms with Gasteiger partial charge in [-0.15, -0.1) is 0 Å². The fourth-order valence-corrected chi connectivity index (χ4v) is 2.64. The molecule has 4 nitrogen and oxygen atoms in total. The molecule has 0 saturated heterocycles. The van der Waals surface area contributed by atoms with E-state index in [1.807, 2.05) is 60.7 Å². The molecule has 0 bridgehead atoms. The summed E-state index contributed by atoms with van der Waals surface area (Å²) >= 11 is 0. The number of carbonyl (C=O) groups is 1. The van der Waals surface area contributed by atoms with E-state index in [9.17, 15) is 15.0 Å². The number of aliphatic hydroxyl groups is 1. The van der Waals surface area contributed by atoms with Crippen molar-refractivity contribution in [2.24, 2.45) is 5.92 Å². The third kappa shape index (κ3) is 6.14. The smallest absolute Gasteiger partial charge is 0.309 e. The first-order valence-electron chi connectivity index (χ1n) is 8.23. The average Bonchev–Trinajstić information content (AvgIpc) is 2.60. The molecule has 0 aliphatic rings. The van der Waals surface area contributed by atoms with Crippen molar-refractivity contribution in [3.8, 4) is 0 Å². The summed E-state index contributed by atoms with van der Waals surface area (Å²) in [5.41, 5.74) is 2.18. The lowest BCUT2D eigenvalue weighted by Crippen LogP contribution is -2.32. The molecule has 2 rings (SSSR count). The zero-order valence-corrected chi connectivity index (χ0v) is 13.7. The minimum absolute atomic E-state index is 0.0250. The number of rotatable bonds is 10. The fourth-order valence-electron chi connectivity index (χ4n) is 2.64. The molecule has 2 aromatic carbocycles. The summed E-state index contributed by atoms with van der Waals surface area (Å²) in [6.07, 6.45) is 0.959. The van der Waals surface area contributed by atoms with Crippen LogP contribution in [0.1, 0.15) is 24.0 Å². The summed E-state index contributed by atoms with van der Waals surface area (Å²) in [5.74, 6) is -1.77. The summed E-state index contributed by atoms with van der Waals surface area (Å²) in [6.45, 7) is 0.394. The standard InChI is InChI=1S/C20H24O4/c21-19(15-24-14-17-10-5-2-6-11-17)18(20(22)23)13-7-12-16-8-3-1-4-9-16/h1-6,8-11,18-19,21H,7,12-15H2,(H,22,23)/t18?,19-/m1/s1. The Kier molecular flexibility index (Phi) is 7.46. The zero-order chi connectivity index (χ0) is 17.2. The molecular weight excluding hydrogens is 304 g/mol.